The van der Waals surface area contributed by atoms with Gasteiger partial charge in [0.05, 0.1) is 24.9 Å². The minimum Gasteiger partial charge on any atom is -0.493 e. The number of halogens is 1. The van der Waals surface area contributed by atoms with E-state index >= 15 is 0 Å². The fraction of sp³-hybridized carbons (Fsp3) is 0.333. The second kappa shape index (κ2) is 9.72. The molecule has 3 heterocycles. The van der Waals surface area contributed by atoms with Crippen LogP contribution in [0.4, 0.5) is 0 Å². The molecule has 1 aliphatic heterocycles. The fourth-order valence-corrected chi connectivity index (χ4v) is 4.12. The largest absolute Gasteiger partial charge is 0.493 e. The van der Waals surface area contributed by atoms with E-state index in [1.54, 1.807) is 35.9 Å². The summed E-state index contributed by atoms with van der Waals surface area (Å²) in [5.74, 6) is 0.614. The van der Waals surface area contributed by atoms with Gasteiger partial charge in [0.15, 0.2) is 29.6 Å². The van der Waals surface area contributed by atoms with Gasteiger partial charge in [-0.15, -0.1) is 0 Å². The van der Waals surface area contributed by atoms with Crippen molar-refractivity contribution in [2.45, 2.75) is 26.8 Å². The number of esters is 1. The van der Waals surface area contributed by atoms with Crippen LogP contribution in [0.2, 0.25) is 5.02 Å². The third-order valence-electron chi connectivity index (χ3n) is 5.65. The van der Waals surface area contributed by atoms with Crippen LogP contribution in [0.5, 0.6) is 11.5 Å². The molecular formula is C24H25ClN4O5. The predicted molar refractivity (Wildman–Crippen MR) is 125 cm³/mol. The van der Waals surface area contributed by atoms with Crippen molar-refractivity contribution < 1.29 is 23.8 Å². The predicted octanol–water partition coefficient (Wildman–Crippen LogP) is 3.30. The molecule has 0 radical (unpaired) electrons. The Labute approximate surface area is 202 Å². The normalized spacial score (nSPS) is 12.8. The number of carbonyl (C=O) groups is 2. The van der Waals surface area contributed by atoms with Crippen molar-refractivity contribution in [3.63, 3.8) is 0 Å². The van der Waals surface area contributed by atoms with E-state index in [1.165, 1.54) is 0 Å². The SMILES string of the molecule is COc1cc2c(cc1OC)CN(C(=O)COC(=O)c1nc(-n3nc(C)cc3C)ccc1Cl)CC2. The van der Waals surface area contributed by atoms with Gasteiger partial charge >= 0.3 is 5.97 Å². The number of carbonyl (C=O) groups excluding carboxylic acids is 2. The van der Waals surface area contributed by atoms with Crippen LogP contribution in [-0.4, -0.2) is 58.9 Å². The Kier molecular flexibility index (Phi) is 6.74. The molecule has 0 bridgehead atoms. The lowest BCUT2D eigenvalue weighted by atomic mass is 9.99. The molecule has 1 aliphatic rings. The maximum absolute atomic E-state index is 12.8. The van der Waals surface area contributed by atoms with Crippen molar-refractivity contribution >= 4 is 23.5 Å². The highest BCUT2D eigenvalue weighted by atomic mass is 35.5. The number of nitrogens with zero attached hydrogens (tertiary/aromatic N) is 4. The van der Waals surface area contributed by atoms with Gasteiger partial charge in [-0.25, -0.2) is 14.5 Å². The molecule has 0 saturated heterocycles. The molecule has 0 fully saturated rings. The van der Waals surface area contributed by atoms with Gasteiger partial charge in [0.2, 0.25) is 0 Å². The molecule has 2 aromatic heterocycles. The van der Waals surface area contributed by atoms with Gasteiger partial charge in [-0.05, 0) is 61.7 Å². The molecule has 3 aromatic rings. The van der Waals surface area contributed by atoms with Crippen molar-refractivity contribution in [3.05, 3.63) is 63.6 Å². The zero-order valence-corrected chi connectivity index (χ0v) is 20.2. The summed E-state index contributed by atoms with van der Waals surface area (Å²) in [7, 11) is 3.16. The molecule has 0 unspecified atom stereocenters. The van der Waals surface area contributed by atoms with Crippen molar-refractivity contribution in [1.82, 2.24) is 19.7 Å². The molecule has 0 aliphatic carbocycles. The Bertz CT molecular complexity index is 1260. The van der Waals surface area contributed by atoms with Crippen LogP contribution in [-0.2, 0) is 22.5 Å². The van der Waals surface area contributed by atoms with Gasteiger partial charge in [0, 0.05) is 18.8 Å². The molecule has 1 aromatic carbocycles. The number of hydrogen-bond acceptors (Lipinski definition) is 7. The first-order valence-corrected chi connectivity index (χ1v) is 11.1. The summed E-state index contributed by atoms with van der Waals surface area (Å²) in [5.41, 5.74) is 3.67. The average molecular weight is 485 g/mol. The van der Waals surface area contributed by atoms with E-state index in [4.69, 9.17) is 25.8 Å². The van der Waals surface area contributed by atoms with E-state index in [0.717, 1.165) is 22.5 Å². The van der Waals surface area contributed by atoms with E-state index in [-0.39, 0.29) is 16.6 Å². The Morgan fingerprint density at radius 1 is 1.06 bits per heavy atom. The molecular weight excluding hydrogens is 460 g/mol. The number of aromatic nitrogens is 3. The molecule has 0 N–H and O–H groups in total. The Morgan fingerprint density at radius 2 is 1.76 bits per heavy atom. The Hall–Kier alpha value is -3.59. The zero-order valence-electron chi connectivity index (χ0n) is 19.4. The van der Waals surface area contributed by atoms with Gasteiger partial charge in [0.25, 0.3) is 5.91 Å². The third kappa shape index (κ3) is 4.70. The first-order chi connectivity index (χ1) is 16.3. The van der Waals surface area contributed by atoms with E-state index in [2.05, 4.69) is 10.1 Å². The van der Waals surface area contributed by atoms with Crippen LogP contribution in [0, 0.1) is 13.8 Å². The van der Waals surface area contributed by atoms with Gasteiger partial charge in [-0.2, -0.15) is 5.10 Å². The number of benzene rings is 1. The number of amides is 1. The summed E-state index contributed by atoms with van der Waals surface area (Å²) in [4.78, 5) is 31.4. The van der Waals surface area contributed by atoms with Gasteiger partial charge < -0.3 is 19.1 Å². The maximum Gasteiger partial charge on any atom is 0.359 e. The van der Waals surface area contributed by atoms with Crippen molar-refractivity contribution in [2.24, 2.45) is 0 Å². The molecule has 10 heteroatoms. The number of ether oxygens (including phenoxy) is 3. The van der Waals surface area contributed by atoms with Gasteiger partial charge in [-0.1, -0.05) is 11.6 Å². The van der Waals surface area contributed by atoms with Crippen molar-refractivity contribution in [1.29, 1.82) is 0 Å². The molecule has 9 nitrogen and oxygen atoms in total. The minimum absolute atomic E-state index is 0.0691. The number of hydrogen-bond donors (Lipinski definition) is 0. The standard InChI is InChI=1S/C24H25ClN4O5/c1-14-9-15(2)29(27-14)21-6-5-18(25)23(26-21)24(31)34-13-22(30)28-8-7-16-10-19(32-3)20(33-4)11-17(16)12-28/h5-6,9-11H,7-8,12-13H2,1-4H3. The zero-order chi connectivity index (χ0) is 24.4. The minimum atomic E-state index is -0.773. The third-order valence-corrected chi connectivity index (χ3v) is 5.95. The Morgan fingerprint density at radius 3 is 2.41 bits per heavy atom. The van der Waals surface area contributed by atoms with Crippen LogP contribution in [0.3, 0.4) is 0 Å². The molecule has 0 atom stereocenters. The first kappa shape index (κ1) is 23.6. The van der Waals surface area contributed by atoms with E-state index < -0.39 is 12.6 Å². The van der Waals surface area contributed by atoms with E-state index in [0.29, 0.717) is 36.8 Å². The number of aryl methyl sites for hydroxylation is 2. The van der Waals surface area contributed by atoms with Crippen LogP contribution in [0.1, 0.15) is 33.0 Å². The second-order valence-electron chi connectivity index (χ2n) is 7.96. The van der Waals surface area contributed by atoms with Crippen molar-refractivity contribution in [3.8, 4) is 17.3 Å². The molecule has 1 amide bonds. The highest BCUT2D eigenvalue weighted by molar-refractivity contribution is 6.33. The molecule has 4 rings (SSSR count). The van der Waals surface area contributed by atoms with E-state index in [9.17, 15) is 9.59 Å². The lowest BCUT2D eigenvalue weighted by molar-refractivity contribution is -0.135. The number of methoxy groups -OCH3 is 2. The van der Waals surface area contributed by atoms with Gasteiger partial charge in [-0.3, -0.25) is 4.79 Å². The van der Waals surface area contributed by atoms with Crippen LogP contribution in [0.25, 0.3) is 5.82 Å². The smallest absolute Gasteiger partial charge is 0.359 e. The number of rotatable bonds is 6. The summed E-state index contributed by atoms with van der Waals surface area (Å²) >= 11 is 6.19. The summed E-state index contributed by atoms with van der Waals surface area (Å²) in [6.07, 6.45) is 0.660. The quantitative estimate of drug-likeness (QED) is 0.495. The van der Waals surface area contributed by atoms with Crippen LogP contribution in [0.15, 0.2) is 30.3 Å². The Balaban J connectivity index is 1.43. The molecule has 0 spiro atoms. The second-order valence-corrected chi connectivity index (χ2v) is 8.36. The number of pyridine rings is 1. The lowest BCUT2D eigenvalue weighted by Gasteiger charge is -2.29. The molecule has 0 saturated carbocycles. The average Bonchev–Trinajstić information content (AvgIpc) is 3.18. The van der Waals surface area contributed by atoms with Crippen molar-refractivity contribution in [2.75, 3.05) is 27.4 Å². The first-order valence-electron chi connectivity index (χ1n) is 10.7. The summed E-state index contributed by atoms with van der Waals surface area (Å²) in [6.45, 7) is 4.23. The fourth-order valence-electron chi connectivity index (χ4n) is 3.94. The van der Waals surface area contributed by atoms with Crippen LogP contribution >= 0.6 is 11.6 Å². The summed E-state index contributed by atoms with van der Waals surface area (Å²) in [5, 5.41) is 4.50. The van der Waals surface area contributed by atoms with Gasteiger partial charge in [0.1, 0.15) is 0 Å². The highest BCUT2D eigenvalue weighted by Gasteiger charge is 2.25. The topological polar surface area (TPSA) is 95.8 Å². The molecule has 178 valence electrons. The maximum atomic E-state index is 12.8. The monoisotopic (exact) mass is 484 g/mol. The summed E-state index contributed by atoms with van der Waals surface area (Å²) < 4.78 is 17.6. The van der Waals surface area contributed by atoms with Crippen LogP contribution < -0.4 is 9.47 Å². The van der Waals surface area contributed by atoms with E-state index in [1.807, 2.05) is 32.0 Å². The summed E-state index contributed by atoms with van der Waals surface area (Å²) in [6, 6.07) is 8.92. The number of fused-ring (bicyclic) bond motifs is 1. The lowest BCUT2D eigenvalue weighted by Crippen LogP contribution is -2.38. The highest BCUT2D eigenvalue weighted by Crippen LogP contribution is 2.33. The molecule has 34 heavy (non-hydrogen) atoms.